The number of carbonyl (C=O) groups excluding carboxylic acids is 1. The number of primary amides is 1. The number of nitrogens with zero attached hydrogens (tertiary/aromatic N) is 1. The monoisotopic (exact) mass is 395 g/mol. The summed E-state index contributed by atoms with van der Waals surface area (Å²) in [6, 6.07) is 13.2. The topological polar surface area (TPSA) is 97.5 Å². The lowest BCUT2D eigenvalue weighted by molar-refractivity contribution is 0.100. The molecular formula is C22H22FN3O3. The molecule has 4 N–H and O–H groups in total. The number of rotatable bonds is 6. The molecule has 3 aromatic rings. The van der Waals surface area contributed by atoms with Gasteiger partial charge in [0.05, 0.1) is 30.9 Å². The van der Waals surface area contributed by atoms with Crippen molar-refractivity contribution < 1.29 is 19.0 Å². The van der Waals surface area contributed by atoms with Gasteiger partial charge in [0, 0.05) is 17.6 Å². The molecule has 2 atom stereocenters. The van der Waals surface area contributed by atoms with E-state index >= 15 is 0 Å². The number of benzene rings is 2. The van der Waals surface area contributed by atoms with Crippen LogP contribution in [0.2, 0.25) is 0 Å². The first-order valence-electron chi connectivity index (χ1n) is 9.50. The Kier molecular flexibility index (Phi) is 5.42. The van der Waals surface area contributed by atoms with Crippen LogP contribution in [-0.4, -0.2) is 41.9 Å². The largest absolute Gasteiger partial charge is 0.395 e. The van der Waals surface area contributed by atoms with Crippen molar-refractivity contribution in [3.05, 3.63) is 71.2 Å². The van der Waals surface area contributed by atoms with Gasteiger partial charge in [-0.05, 0) is 47.7 Å². The first kappa shape index (κ1) is 19.3. The number of hydrogen-bond donors (Lipinski definition) is 3. The van der Waals surface area contributed by atoms with Crippen LogP contribution in [0.15, 0.2) is 48.5 Å². The van der Waals surface area contributed by atoms with Crippen LogP contribution >= 0.6 is 0 Å². The lowest BCUT2D eigenvalue weighted by Crippen LogP contribution is -2.20. The molecule has 0 spiro atoms. The highest BCUT2D eigenvalue weighted by Gasteiger charge is 2.22. The summed E-state index contributed by atoms with van der Waals surface area (Å²) in [6.45, 7) is 1.04. The molecule has 0 aliphatic carbocycles. The number of pyridine rings is 1. The molecule has 29 heavy (non-hydrogen) atoms. The Hall–Kier alpha value is -3.03. The summed E-state index contributed by atoms with van der Waals surface area (Å²) in [7, 11) is 0. The van der Waals surface area contributed by atoms with E-state index in [9.17, 15) is 14.3 Å². The van der Waals surface area contributed by atoms with Crippen LogP contribution in [0.5, 0.6) is 0 Å². The van der Waals surface area contributed by atoms with Gasteiger partial charge in [0.15, 0.2) is 0 Å². The number of aliphatic hydroxyl groups excluding tert-OH is 1. The molecule has 1 fully saturated rings. The molecule has 6 nitrogen and oxygen atoms in total. The second-order valence-corrected chi connectivity index (χ2v) is 7.19. The third-order valence-corrected chi connectivity index (χ3v) is 5.19. The molecule has 2 heterocycles. The van der Waals surface area contributed by atoms with Crippen molar-refractivity contribution in [3.63, 3.8) is 0 Å². The summed E-state index contributed by atoms with van der Waals surface area (Å²) in [6.07, 6.45) is 0.865. The number of halogens is 1. The van der Waals surface area contributed by atoms with Gasteiger partial charge in [-0.15, -0.1) is 0 Å². The molecule has 1 aromatic heterocycles. The van der Waals surface area contributed by atoms with E-state index < -0.39 is 11.8 Å². The number of anilines is 1. The molecule has 0 bridgehead atoms. The van der Waals surface area contributed by atoms with Crippen molar-refractivity contribution in [2.24, 2.45) is 5.73 Å². The zero-order chi connectivity index (χ0) is 20.4. The average molecular weight is 395 g/mol. The molecule has 1 unspecified atom stereocenters. The van der Waals surface area contributed by atoms with Gasteiger partial charge in [-0.2, -0.15) is 0 Å². The molecule has 1 amide bonds. The van der Waals surface area contributed by atoms with Gasteiger partial charge in [-0.25, -0.2) is 9.37 Å². The van der Waals surface area contributed by atoms with E-state index in [1.807, 2.05) is 6.07 Å². The molecule has 150 valence electrons. The summed E-state index contributed by atoms with van der Waals surface area (Å²) in [5.74, 6) is -0.805. The molecule has 0 radical (unpaired) electrons. The predicted molar refractivity (Wildman–Crippen MR) is 108 cm³/mol. The highest BCUT2D eigenvalue weighted by Crippen LogP contribution is 2.32. The van der Waals surface area contributed by atoms with Gasteiger partial charge >= 0.3 is 0 Å². The van der Waals surface area contributed by atoms with E-state index in [1.165, 1.54) is 12.1 Å². The van der Waals surface area contributed by atoms with Gasteiger partial charge < -0.3 is 20.9 Å². The van der Waals surface area contributed by atoms with E-state index in [1.54, 1.807) is 30.3 Å². The third kappa shape index (κ3) is 4.06. The first-order chi connectivity index (χ1) is 14.0. The first-order valence-corrected chi connectivity index (χ1v) is 9.50. The normalized spacial score (nSPS) is 17.4. The summed E-state index contributed by atoms with van der Waals surface area (Å²) < 4.78 is 19.2. The number of nitrogens with two attached hydrogens (primary N) is 1. The highest BCUT2D eigenvalue weighted by molar-refractivity contribution is 5.98. The van der Waals surface area contributed by atoms with Crippen molar-refractivity contribution in [1.29, 1.82) is 0 Å². The third-order valence-electron chi connectivity index (χ3n) is 5.19. The van der Waals surface area contributed by atoms with Crippen LogP contribution in [0.25, 0.3) is 10.8 Å². The second-order valence-electron chi connectivity index (χ2n) is 7.19. The van der Waals surface area contributed by atoms with E-state index in [-0.39, 0.29) is 18.5 Å². The van der Waals surface area contributed by atoms with Crippen LogP contribution in [0.4, 0.5) is 10.2 Å². The Morgan fingerprint density at radius 1 is 1.31 bits per heavy atom. The summed E-state index contributed by atoms with van der Waals surface area (Å²) in [4.78, 5) is 16.4. The second kappa shape index (κ2) is 8.14. The van der Waals surface area contributed by atoms with Crippen LogP contribution in [0, 0.1) is 5.82 Å². The minimum atomic E-state index is -0.521. The predicted octanol–water partition coefficient (Wildman–Crippen LogP) is 2.80. The summed E-state index contributed by atoms with van der Waals surface area (Å²) >= 11 is 0. The lowest BCUT2D eigenvalue weighted by Gasteiger charge is -2.20. The van der Waals surface area contributed by atoms with Gasteiger partial charge in [-0.3, -0.25) is 4.79 Å². The molecule has 2 aromatic carbocycles. The number of ether oxygens (including phenoxy) is 1. The van der Waals surface area contributed by atoms with Crippen LogP contribution in [-0.2, 0) is 4.74 Å². The van der Waals surface area contributed by atoms with Crippen molar-refractivity contribution >= 4 is 22.5 Å². The van der Waals surface area contributed by atoms with Crippen molar-refractivity contribution in [2.75, 3.05) is 25.1 Å². The fourth-order valence-corrected chi connectivity index (χ4v) is 3.71. The fraction of sp³-hybridized carbons (Fsp3) is 0.273. The van der Waals surface area contributed by atoms with Crippen molar-refractivity contribution in [3.8, 4) is 0 Å². The lowest BCUT2D eigenvalue weighted by atomic mass is 9.92. The maximum atomic E-state index is 13.8. The Labute approximate surface area is 167 Å². The minimum Gasteiger partial charge on any atom is -0.395 e. The number of aliphatic hydroxyl groups is 1. The molecule has 7 heteroatoms. The zero-order valence-electron chi connectivity index (χ0n) is 15.8. The maximum absolute atomic E-state index is 13.8. The molecule has 1 saturated heterocycles. The van der Waals surface area contributed by atoms with E-state index in [4.69, 9.17) is 15.5 Å². The molecule has 1 aliphatic heterocycles. The molecule has 0 saturated carbocycles. The Balaban J connectivity index is 1.85. The van der Waals surface area contributed by atoms with Gasteiger partial charge in [0.1, 0.15) is 11.6 Å². The van der Waals surface area contributed by atoms with Crippen LogP contribution in [0.3, 0.4) is 0 Å². The van der Waals surface area contributed by atoms with Gasteiger partial charge in [0.25, 0.3) is 0 Å². The number of carbonyl (C=O) groups is 1. The average Bonchev–Trinajstić information content (AvgIpc) is 3.21. The van der Waals surface area contributed by atoms with E-state index in [2.05, 4.69) is 5.32 Å². The van der Waals surface area contributed by atoms with Crippen LogP contribution in [0.1, 0.15) is 34.0 Å². The number of amides is 1. The fourth-order valence-electron chi connectivity index (χ4n) is 3.71. The zero-order valence-corrected chi connectivity index (χ0v) is 15.8. The number of fused-ring (bicyclic) bond motifs is 1. The summed E-state index contributed by atoms with van der Waals surface area (Å²) in [5, 5.41) is 15.0. The van der Waals surface area contributed by atoms with E-state index in [0.29, 0.717) is 35.9 Å². The highest BCUT2D eigenvalue weighted by atomic mass is 19.1. The minimum absolute atomic E-state index is 0.133. The van der Waals surface area contributed by atoms with Gasteiger partial charge in [-0.1, -0.05) is 18.2 Å². The maximum Gasteiger partial charge on any atom is 0.248 e. The standard InChI is InChI=1S/C22H22FN3O3/c23-16-3-1-2-13(9-16)19(11-27)21-18-5-4-14(22(24)28)8-15(18)10-20(26-21)25-17-6-7-29-12-17/h1-5,8-10,17,19,27H,6-7,11-12H2,(H2,24,28)(H,25,26)/t17?,19-/m0/s1. The van der Waals surface area contributed by atoms with Gasteiger partial charge in [0.2, 0.25) is 5.91 Å². The number of aromatic nitrogens is 1. The Bertz CT molecular complexity index is 1050. The van der Waals surface area contributed by atoms with Crippen LogP contribution < -0.4 is 11.1 Å². The SMILES string of the molecule is NC(=O)c1ccc2c([C@@H](CO)c3cccc(F)c3)nc(NC3CCOC3)cc2c1. The smallest absolute Gasteiger partial charge is 0.248 e. The van der Waals surface area contributed by atoms with E-state index in [0.717, 1.165) is 17.2 Å². The van der Waals surface area contributed by atoms with Crippen molar-refractivity contribution in [1.82, 2.24) is 4.98 Å². The summed E-state index contributed by atoms with van der Waals surface area (Å²) in [5.41, 5.74) is 7.05. The molecule has 1 aliphatic rings. The Morgan fingerprint density at radius 3 is 2.86 bits per heavy atom. The van der Waals surface area contributed by atoms with Crippen molar-refractivity contribution in [2.45, 2.75) is 18.4 Å². The molecule has 4 rings (SSSR count). The number of nitrogens with one attached hydrogen (secondary N) is 1. The Morgan fingerprint density at radius 2 is 2.17 bits per heavy atom. The molecular weight excluding hydrogens is 373 g/mol. The quantitative estimate of drug-likeness (QED) is 0.596. The number of hydrogen-bond acceptors (Lipinski definition) is 5.